The van der Waals surface area contributed by atoms with Crippen LogP contribution in [0.2, 0.25) is 0 Å². The molecule has 1 aliphatic rings. The summed E-state index contributed by atoms with van der Waals surface area (Å²) in [5.41, 5.74) is 0. The fraction of sp³-hybridized carbons (Fsp3) is 0.840. The molecule has 0 fully saturated rings. The van der Waals surface area contributed by atoms with Gasteiger partial charge in [-0.1, -0.05) is 90.4 Å². The molecule has 0 aromatic heterocycles. The SMILES string of the molecule is CCCCCCCCCCCCCCCCN1C=CN(C)C1.O=C(CC(=O)C(F)(F)F)C(F)(F)F. The fourth-order valence-corrected chi connectivity index (χ4v) is 3.59. The number of Topliss-reactive ketones (excluding diaryl/α,β-unsaturated/α-hetero) is 2. The van der Waals surface area contributed by atoms with Gasteiger partial charge >= 0.3 is 12.4 Å². The number of ketones is 2. The van der Waals surface area contributed by atoms with Gasteiger partial charge in [-0.3, -0.25) is 9.59 Å². The quantitative estimate of drug-likeness (QED) is 0.112. The number of carbonyl (C=O) groups is 2. The van der Waals surface area contributed by atoms with Crippen LogP contribution in [0.3, 0.4) is 0 Å². The lowest BCUT2D eigenvalue weighted by molar-refractivity contribution is -0.182. The molecule has 0 N–H and O–H groups in total. The van der Waals surface area contributed by atoms with Crippen molar-refractivity contribution in [1.29, 1.82) is 0 Å². The highest BCUT2D eigenvalue weighted by atomic mass is 19.4. The Morgan fingerprint density at radius 1 is 0.657 bits per heavy atom. The maximum atomic E-state index is 11.3. The molecule has 0 amide bonds. The first-order chi connectivity index (χ1) is 16.4. The van der Waals surface area contributed by atoms with Gasteiger partial charge in [0.05, 0.1) is 13.1 Å². The number of nitrogens with zero attached hydrogens (tertiary/aromatic N) is 2. The molecule has 1 rings (SSSR count). The lowest BCUT2D eigenvalue weighted by atomic mass is 10.0. The standard InChI is InChI=1S/C20H40N2.C5H2F6O2/c1-3-4-5-6-7-8-9-10-11-12-13-14-15-16-17-22-19-18-21(2)20-22;6-4(7,8)2(12)1-3(13)5(9,10)11/h18-19H,3-17,20H2,1-2H3;1H2. The van der Waals surface area contributed by atoms with Crippen molar-refractivity contribution in [3.63, 3.8) is 0 Å². The van der Waals surface area contributed by atoms with E-state index in [0.29, 0.717) is 0 Å². The second-order valence-corrected chi connectivity index (χ2v) is 9.12. The Morgan fingerprint density at radius 3 is 1.34 bits per heavy atom. The van der Waals surface area contributed by atoms with Gasteiger partial charge in [-0.25, -0.2) is 0 Å². The number of rotatable bonds is 17. The lowest BCUT2D eigenvalue weighted by Crippen LogP contribution is -2.31. The molecule has 0 radical (unpaired) electrons. The fourth-order valence-electron chi connectivity index (χ4n) is 3.59. The lowest BCUT2D eigenvalue weighted by Gasteiger charge is -2.17. The van der Waals surface area contributed by atoms with Crippen LogP contribution < -0.4 is 0 Å². The summed E-state index contributed by atoms with van der Waals surface area (Å²) >= 11 is 0. The van der Waals surface area contributed by atoms with Gasteiger partial charge in [0.25, 0.3) is 0 Å². The Balaban J connectivity index is 0.000000761. The molecule has 0 aliphatic carbocycles. The van der Waals surface area contributed by atoms with Gasteiger partial charge in [0.1, 0.15) is 0 Å². The predicted molar refractivity (Wildman–Crippen MR) is 126 cm³/mol. The third kappa shape index (κ3) is 19.2. The van der Waals surface area contributed by atoms with E-state index in [9.17, 15) is 35.9 Å². The van der Waals surface area contributed by atoms with Crippen LogP contribution in [0.4, 0.5) is 26.3 Å². The Labute approximate surface area is 206 Å². The molecule has 0 bridgehead atoms. The molecule has 4 nitrogen and oxygen atoms in total. The van der Waals surface area contributed by atoms with Crippen LogP contribution in [0.25, 0.3) is 0 Å². The minimum atomic E-state index is -5.40. The maximum absolute atomic E-state index is 11.3. The van der Waals surface area contributed by atoms with Gasteiger partial charge in [0, 0.05) is 26.0 Å². The zero-order valence-electron chi connectivity index (χ0n) is 21.2. The first kappa shape index (κ1) is 33.3. The van der Waals surface area contributed by atoms with Gasteiger partial charge in [-0.2, -0.15) is 26.3 Å². The van der Waals surface area contributed by atoms with Crippen LogP contribution in [-0.4, -0.2) is 54.0 Å². The molecular formula is C25H42F6N2O2. The van der Waals surface area contributed by atoms with Crippen molar-refractivity contribution in [1.82, 2.24) is 9.80 Å². The van der Waals surface area contributed by atoms with E-state index in [1.165, 1.54) is 96.4 Å². The van der Waals surface area contributed by atoms with Crippen LogP contribution in [-0.2, 0) is 9.59 Å². The minimum Gasteiger partial charge on any atom is -0.362 e. The molecular weight excluding hydrogens is 474 g/mol. The predicted octanol–water partition coefficient (Wildman–Crippen LogP) is 7.78. The van der Waals surface area contributed by atoms with Gasteiger partial charge in [-0.05, 0) is 6.42 Å². The van der Waals surface area contributed by atoms with Gasteiger partial charge in [-0.15, -0.1) is 0 Å². The normalized spacial score (nSPS) is 13.7. The maximum Gasteiger partial charge on any atom is 0.450 e. The molecule has 0 atom stereocenters. The molecule has 35 heavy (non-hydrogen) atoms. The molecule has 0 unspecified atom stereocenters. The second kappa shape index (κ2) is 18.5. The molecule has 206 valence electrons. The third-order valence-electron chi connectivity index (χ3n) is 5.69. The van der Waals surface area contributed by atoms with E-state index in [1.54, 1.807) is 0 Å². The van der Waals surface area contributed by atoms with Crippen LogP contribution in [0.15, 0.2) is 12.4 Å². The average Bonchev–Trinajstić information content (AvgIpc) is 3.18. The van der Waals surface area contributed by atoms with E-state index in [-0.39, 0.29) is 0 Å². The Morgan fingerprint density at radius 2 is 1.03 bits per heavy atom. The van der Waals surface area contributed by atoms with Gasteiger partial charge < -0.3 is 9.80 Å². The summed E-state index contributed by atoms with van der Waals surface area (Å²) < 4.78 is 68.0. The van der Waals surface area contributed by atoms with Crippen LogP contribution in [0.5, 0.6) is 0 Å². The first-order valence-corrected chi connectivity index (χ1v) is 12.7. The molecule has 1 aliphatic heterocycles. The van der Waals surface area contributed by atoms with Crippen LogP contribution in [0.1, 0.15) is 103 Å². The summed E-state index contributed by atoms with van der Waals surface area (Å²) in [6.07, 6.45) is 11.6. The van der Waals surface area contributed by atoms with Crippen molar-refractivity contribution in [3.05, 3.63) is 12.4 Å². The molecule has 0 aromatic rings. The van der Waals surface area contributed by atoms with E-state index in [2.05, 4.69) is 36.2 Å². The number of unbranched alkanes of at least 4 members (excludes halogenated alkanes) is 13. The first-order valence-electron chi connectivity index (χ1n) is 12.7. The molecule has 0 aromatic carbocycles. The highest BCUT2D eigenvalue weighted by Gasteiger charge is 2.46. The zero-order valence-corrected chi connectivity index (χ0v) is 21.2. The second-order valence-electron chi connectivity index (χ2n) is 9.12. The average molecular weight is 517 g/mol. The summed E-state index contributed by atoms with van der Waals surface area (Å²) in [5, 5.41) is 0. The topological polar surface area (TPSA) is 40.6 Å². The van der Waals surface area contributed by atoms with Crippen molar-refractivity contribution >= 4 is 11.6 Å². The zero-order chi connectivity index (χ0) is 26.7. The highest BCUT2D eigenvalue weighted by molar-refractivity contribution is 6.03. The van der Waals surface area contributed by atoms with Crippen molar-refractivity contribution in [3.8, 4) is 0 Å². The highest BCUT2D eigenvalue weighted by Crippen LogP contribution is 2.23. The van der Waals surface area contributed by atoms with E-state index in [1.807, 2.05) is 0 Å². The number of carbonyl (C=O) groups excluding carboxylic acids is 2. The van der Waals surface area contributed by atoms with Crippen molar-refractivity contribution < 1.29 is 35.9 Å². The Kier molecular flexibility index (Phi) is 17.6. The molecule has 0 spiro atoms. The smallest absolute Gasteiger partial charge is 0.362 e. The van der Waals surface area contributed by atoms with E-state index < -0.39 is 30.3 Å². The van der Waals surface area contributed by atoms with Crippen LogP contribution >= 0.6 is 0 Å². The van der Waals surface area contributed by atoms with E-state index >= 15 is 0 Å². The number of halogens is 6. The monoisotopic (exact) mass is 516 g/mol. The third-order valence-corrected chi connectivity index (χ3v) is 5.69. The summed E-state index contributed by atoms with van der Waals surface area (Å²) in [6, 6.07) is 0. The minimum absolute atomic E-state index is 1.08. The van der Waals surface area contributed by atoms with Crippen LogP contribution in [0, 0.1) is 0 Å². The molecule has 0 saturated carbocycles. The Bertz CT molecular complexity index is 582. The van der Waals surface area contributed by atoms with E-state index in [4.69, 9.17) is 0 Å². The molecule has 1 heterocycles. The largest absolute Gasteiger partial charge is 0.450 e. The molecule has 0 saturated heterocycles. The van der Waals surface area contributed by atoms with Crippen molar-refractivity contribution in [2.24, 2.45) is 0 Å². The number of hydrogen-bond donors (Lipinski definition) is 0. The summed E-state index contributed by atoms with van der Waals surface area (Å²) in [6.45, 7) is 4.61. The van der Waals surface area contributed by atoms with E-state index in [0.717, 1.165) is 6.67 Å². The van der Waals surface area contributed by atoms with Gasteiger partial charge in [0.2, 0.25) is 11.6 Å². The summed E-state index contributed by atoms with van der Waals surface area (Å²) in [7, 11) is 2.14. The van der Waals surface area contributed by atoms with Crippen molar-refractivity contribution in [2.75, 3.05) is 20.3 Å². The summed E-state index contributed by atoms with van der Waals surface area (Å²) in [5.74, 6) is -5.40. The van der Waals surface area contributed by atoms with Crippen molar-refractivity contribution in [2.45, 2.75) is 116 Å². The van der Waals surface area contributed by atoms with Gasteiger partial charge in [0.15, 0.2) is 0 Å². The summed E-state index contributed by atoms with van der Waals surface area (Å²) in [4.78, 5) is 24.4. The Hall–Kier alpha value is -1.74. The molecule has 10 heteroatoms. The number of hydrogen-bond acceptors (Lipinski definition) is 4. The number of alkyl halides is 6.